The number of nitrogens with zero attached hydrogens (tertiary/aromatic N) is 1. The SMILES string of the molecule is CCc1[nH]c(C(=O)Nc2ccc(SCc3cccnc3)cc2)c(C)c1C(=O)OC. The zero-order chi connectivity index (χ0) is 20.8. The van der Waals surface area contributed by atoms with E-state index in [0.717, 1.165) is 16.2 Å². The summed E-state index contributed by atoms with van der Waals surface area (Å²) < 4.78 is 4.84. The number of benzene rings is 1. The number of anilines is 1. The Morgan fingerprint density at radius 1 is 1.21 bits per heavy atom. The molecule has 0 spiro atoms. The number of hydrogen-bond donors (Lipinski definition) is 2. The molecule has 0 atom stereocenters. The summed E-state index contributed by atoms with van der Waals surface area (Å²) in [6.07, 6.45) is 4.21. The van der Waals surface area contributed by atoms with Crippen LogP contribution < -0.4 is 5.32 Å². The molecule has 0 aliphatic carbocycles. The quantitative estimate of drug-likeness (QED) is 0.440. The monoisotopic (exact) mass is 409 g/mol. The predicted molar refractivity (Wildman–Crippen MR) is 114 cm³/mol. The van der Waals surface area contributed by atoms with E-state index in [4.69, 9.17) is 4.74 Å². The average molecular weight is 410 g/mol. The lowest BCUT2D eigenvalue weighted by Crippen LogP contribution is -2.14. The van der Waals surface area contributed by atoms with Gasteiger partial charge in [0.1, 0.15) is 5.69 Å². The number of hydrogen-bond acceptors (Lipinski definition) is 5. The Morgan fingerprint density at radius 2 is 1.97 bits per heavy atom. The van der Waals surface area contributed by atoms with Crippen molar-refractivity contribution >= 4 is 29.3 Å². The lowest BCUT2D eigenvalue weighted by Gasteiger charge is -2.07. The number of carbonyl (C=O) groups is 2. The molecule has 0 saturated carbocycles. The van der Waals surface area contributed by atoms with Gasteiger partial charge in [0, 0.05) is 34.4 Å². The highest BCUT2D eigenvalue weighted by Crippen LogP contribution is 2.25. The first-order valence-electron chi connectivity index (χ1n) is 9.26. The maximum absolute atomic E-state index is 12.7. The number of aromatic amines is 1. The second-order valence-electron chi connectivity index (χ2n) is 6.45. The first kappa shape index (κ1) is 20.7. The Morgan fingerprint density at radius 3 is 2.59 bits per heavy atom. The van der Waals surface area contributed by atoms with Crippen molar-refractivity contribution in [2.45, 2.75) is 30.9 Å². The smallest absolute Gasteiger partial charge is 0.339 e. The highest BCUT2D eigenvalue weighted by molar-refractivity contribution is 7.98. The van der Waals surface area contributed by atoms with Crippen molar-refractivity contribution in [2.24, 2.45) is 0 Å². The summed E-state index contributed by atoms with van der Waals surface area (Å²) in [4.78, 5) is 33.0. The molecule has 0 bridgehead atoms. The van der Waals surface area contributed by atoms with E-state index < -0.39 is 5.97 Å². The van der Waals surface area contributed by atoms with Gasteiger partial charge in [-0.1, -0.05) is 13.0 Å². The van der Waals surface area contributed by atoms with Crippen LogP contribution in [0.1, 0.15) is 44.6 Å². The van der Waals surface area contributed by atoms with Crippen LogP contribution in [0.25, 0.3) is 0 Å². The molecule has 2 aromatic heterocycles. The second-order valence-corrected chi connectivity index (χ2v) is 7.50. The van der Waals surface area contributed by atoms with E-state index in [0.29, 0.717) is 34.6 Å². The molecule has 0 saturated heterocycles. The summed E-state index contributed by atoms with van der Waals surface area (Å²) in [6.45, 7) is 3.66. The van der Waals surface area contributed by atoms with Gasteiger partial charge in [-0.3, -0.25) is 9.78 Å². The van der Waals surface area contributed by atoms with Gasteiger partial charge in [0.2, 0.25) is 0 Å². The molecule has 0 aliphatic heterocycles. The van der Waals surface area contributed by atoms with Crippen LogP contribution in [0.5, 0.6) is 0 Å². The standard InChI is InChI=1S/C22H23N3O3S/c1-4-18-19(22(27)28-3)14(2)20(25-18)21(26)24-16-7-9-17(10-8-16)29-13-15-6-5-11-23-12-15/h5-12,25H,4,13H2,1-3H3,(H,24,26). The molecular formula is C22H23N3O3S. The van der Waals surface area contributed by atoms with Crippen LogP contribution in [-0.4, -0.2) is 29.0 Å². The maximum atomic E-state index is 12.7. The number of nitrogens with one attached hydrogen (secondary N) is 2. The van der Waals surface area contributed by atoms with Gasteiger partial charge in [0.05, 0.1) is 12.7 Å². The fourth-order valence-electron chi connectivity index (χ4n) is 3.01. The number of amides is 1. The Hall–Kier alpha value is -3.06. The van der Waals surface area contributed by atoms with Crippen LogP contribution in [0.3, 0.4) is 0 Å². The van der Waals surface area contributed by atoms with Crippen molar-refractivity contribution in [1.82, 2.24) is 9.97 Å². The number of esters is 1. The number of thioether (sulfide) groups is 1. The van der Waals surface area contributed by atoms with Gasteiger partial charge in [0.15, 0.2) is 0 Å². The minimum atomic E-state index is -0.440. The van der Waals surface area contributed by atoms with Crippen molar-refractivity contribution in [1.29, 1.82) is 0 Å². The van der Waals surface area contributed by atoms with E-state index in [1.807, 2.05) is 49.5 Å². The van der Waals surface area contributed by atoms with Gasteiger partial charge in [-0.2, -0.15) is 0 Å². The van der Waals surface area contributed by atoms with Gasteiger partial charge in [-0.25, -0.2) is 4.79 Å². The average Bonchev–Trinajstić information content (AvgIpc) is 3.10. The van der Waals surface area contributed by atoms with E-state index in [1.165, 1.54) is 7.11 Å². The molecular weight excluding hydrogens is 386 g/mol. The number of aromatic nitrogens is 2. The molecule has 3 aromatic rings. The molecule has 29 heavy (non-hydrogen) atoms. The number of carbonyl (C=O) groups excluding carboxylic acids is 2. The van der Waals surface area contributed by atoms with Crippen LogP contribution in [0.4, 0.5) is 5.69 Å². The molecule has 150 valence electrons. The Balaban J connectivity index is 1.68. The zero-order valence-corrected chi connectivity index (χ0v) is 17.4. The first-order chi connectivity index (χ1) is 14.0. The van der Waals surface area contributed by atoms with Gasteiger partial charge < -0.3 is 15.0 Å². The fraction of sp³-hybridized carbons (Fsp3) is 0.227. The van der Waals surface area contributed by atoms with Crippen LogP contribution >= 0.6 is 11.8 Å². The summed E-state index contributed by atoms with van der Waals surface area (Å²) in [6, 6.07) is 11.6. The summed E-state index contributed by atoms with van der Waals surface area (Å²) in [5, 5.41) is 2.88. The van der Waals surface area contributed by atoms with Crippen molar-refractivity contribution in [3.63, 3.8) is 0 Å². The minimum Gasteiger partial charge on any atom is -0.465 e. The topological polar surface area (TPSA) is 84.1 Å². The molecule has 2 heterocycles. The first-order valence-corrected chi connectivity index (χ1v) is 10.2. The molecule has 2 N–H and O–H groups in total. The third-order valence-electron chi connectivity index (χ3n) is 4.54. The van der Waals surface area contributed by atoms with Crippen LogP contribution in [0, 0.1) is 6.92 Å². The van der Waals surface area contributed by atoms with Gasteiger partial charge >= 0.3 is 5.97 Å². The Bertz CT molecular complexity index is 998. The molecule has 7 heteroatoms. The highest BCUT2D eigenvalue weighted by atomic mass is 32.2. The van der Waals surface area contributed by atoms with Crippen molar-refractivity contribution in [2.75, 3.05) is 12.4 Å². The fourth-order valence-corrected chi connectivity index (χ4v) is 3.84. The minimum absolute atomic E-state index is 0.289. The Kier molecular flexibility index (Phi) is 6.72. The molecule has 1 amide bonds. The van der Waals surface area contributed by atoms with E-state index >= 15 is 0 Å². The molecule has 0 aliphatic rings. The van der Waals surface area contributed by atoms with Gasteiger partial charge in [-0.15, -0.1) is 11.8 Å². The van der Waals surface area contributed by atoms with E-state index in [1.54, 1.807) is 24.9 Å². The Labute approximate surface area is 174 Å². The van der Waals surface area contributed by atoms with Crippen molar-refractivity contribution in [3.05, 3.63) is 76.9 Å². The number of H-pyrrole nitrogens is 1. The number of ether oxygens (including phenoxy) is 1. The lowest BCUT2D eigenvalue weighted by molar-refractivity contribution is 0.0599. The number of rotatable bonds is 7. The molecule has 0 unspecified atom stereocenters. The maximum Gasteiger partial charge on any atom is 0.339 e. The van der Waals surface area contributed by atoms with E-state index in [9.17, 15) is 9.59 Å². The molecule has 6 nitrogen and oxygen atoms in total. The molecule has 1 aromatic carbocycles. The predicted octanol–water partition coefficient (Wildman–Crippen LogP) is 4.61. The van der Waals surface area contributed by atoms with E-state index in [2.05, 4.69) is 15.3 Å². The van der Waals surface area contributed by atoms with Gasteiger partial charge in [0.25, 0.3) is 5.91 Å². The third-order valence-corrected chi connectivity index (χ3v) is 5.62. The summed E-state index contributed by atoms with van der Waals surface area (Å²) in [7, 11) is 1.34. The van der Waals surface area contributed by atoms with Crippen LogP contribution in [-0.2, 0) is 16.9 Å². The molecule has 3 rings (SSSR count). The van der Waals surface area contributed by atoms with Crippen LogP contribution in [0.15, 0.2) is 53.7 Å². The number of aryl methyl sites for hydroxylation is 1. The lowest BCUT2D eigenvalue weighted by atomic mass is 10.1. The summed E-state index contributed by atoms with van der Waals surface area (Å²) in [5.41, 5.74) is 3.94. The number of methoxy groups -OCH3 is 1. The zero-order valence-electron chi connectivity index (χ0n) is 16.6. The number of pyridine rings is 1. The summed E-state index contributed by atoms with van der Waals surface area (Å²) >= 11 is 1.70. The van der Waals surface area contributed by atoms with Crippen molar-refractivity contribution in [3.8, 4) is 0 Å². The molecule has 0 radical (unpaired) electrons. The van der Waals surface area contributed by atoms with Crippen LogP contribution in [0.2, 0.25) is 0 Å². The van der Waals surface area contributed by atoms with E-state index in [-0.39, 0.29) is 5.91 Å². The molecule has 0 fully saturated rings. The highest BCUT2D eigenvalue weighted by Gasteiger charge is 2.23. The normalized spacial score (nSPS) is 10.6. The summed E-state index contributed by atoms with van der Waals surface area (Å²) in [5.74, 6) is 0.102. The van der Waals surface area contributed by atoms with Gasteiger partial charge in [-0.05, 0) is 54.8 Å². The second kappa shape index (κ2) is 9.43. The largest absolute Gasteiger partial charge is 0.465 e. The third kappa shape index (κ3) is 4.86. The van der Waals surface area contributed by atoms with Crippen molar-refractivity contribution < 1.29 is 14.3 Å².